The number of amides is 1. The first-order valence-electron chi connectivity index (χ1n) is 11.4. The van der Waals surface area contributed by atoms with Crippen LogP contribution in [-0.4, -0.2) is 36.3 Å². The fraction of sp³-hybridized carbons (Fsp3) is 0.385. The van der Waals surface area contributed by atoms with Crippen LogP contribution in [-0.2, 0) is 16.6 Å². The second-order valence-electron chi connectivity index (χ2n) is 8.86. The highest BCUT2D eigenvalue weighted by molar-refractivity contribution is 7.89. The van der Waals surface area contributed by atoms with Gasteiger partial charge in [0.15, 0.2) is 4.80 Å². The second-order valence-corrected chi connectivity index (χ2v) is 11.8. The molecule has 8 heteroatoms. The Morgan fingerprint density at radius 1 is 1.18 bits per heavy atom. The molecule has 1 aromatic heterocycles. The first-order chi connectivity index (χ1) is 16.2. The summed E-state index contributed by atoms with van der Waals surface area (Å²) in [6.07, 6.45) is 10.6. The molecule has 0 unspecified atom stereocenters. The van der Waals surface area contributed by atoms with Crippen molar-refractivity contribution < 1.29 is 13.2 Å². The van der Waals surface area contributed by atoms with Gasteiger partial charge in [0, 0.05) is 18.7 Å². The highest BCUT2D eigenvalue weighted by atomic mass is 32.2. The van der Waals surface area contributed by atoms with Gasteiger partial charge in [0.2, 0.25) is 10.0 Å². The summed E-state index contributed by atoms with van der Waals surface area (Å²) in [4.78, 5) is 18.0. The van der Waals surface area contributed by atoms with Gasteiger partial charge in [-0.3, -0.25) is 4.79 Å². The molecule has 1 aliphatic rings. The van der Waals surface area contributed by atoms with Gasteiger partial charge in [-0.1, -0.05) is 42.6 Å². The topological polar surface area (TPSA) is 71.7 Å². The Bertz CT molecular complexity index is 1440. The molecule has 0 saturated heterocycles. The van der Waals surface area contributed by atoms with Gasteiger partial charge in [0.25, 0.3) is 5.91 Å². The maximum atomic E-state index is 13.1. The largest absolute Gasteiger partial charge is 0.305 e. The van der Waals surface area contributed by atoms with E-state index in [9.17, 15) is 13.2 Å². The molecule has 34 heavy (non-hydrogen) atoms. The number of sulfonamides is 1. The molecule has 0 N–H and O–H groups in total. The predicted octanol–water partition coefficient (Wildman–Crippen LogP) is 4.65. The Morgan fingerprint density at radius 2 is 1.85 bits per heavy atom. The molecule has 178 valence electrons. The molecular formula is C26H29N3O3S2. The zero-order chi connectivity index (χ0) is 24.5. The number of rotatable bonds is 5. The van der Waals surface area contributed by atoms with Gasteiger partial charge >= 0.3 is 0 Å². The van der Waals surface area contributed by atoms with Crippen molar-refractivity contribution in [3.05, 3.63) is 57.9 Å². The van der Waals surface area contributed by atoms with Crippen LogP contribution in [0.1, 0.15) is 53.6 Å². The number of thiazole rings is 1. The third kappa shape index (κ3) is 4.74. The molecule has 6 nitrogen and oxygen atoms in total. The van der Waals surface area contributed by atoms with Crippen molar-refractivity contribution in [2.45, 2.75) is 63.4 Å². The van der Waals surface area contributed by atoms with E-state index in [0.717, 1.165) is 53.4 Å². The highest BCUT2D eigenvalue weighted by Crippen LogP contribution is 2.27. The lowest BCUT2D eigenvalue weighted by atomic mass is 9.96. The van der Waals surface area contributed by atoms with E-state index in [1.807, 2.05) is 24.5 Å². The summed E-state index contributed by atoms with van der Waals surface area (Å²) >= 11 is 1.43. The molecule has 1 heterocycles. The third-order valence-corrected chi connectivity index (χ3v) is 9.58. The van der Waals surface area contributed by atoms with Crippen LogP contribution >= 0.6 is 11.3 Å². The van der Waals surface area contributed by atoms with Gasteiger partial charge < -0.3 is 4.57 Å². The number of fused-ring (bicyclic) bond motifs is 1. The van der Waals surface area contributed by atoms with E-state index < -0.39 is 15.9 Å². The van der Waals surface area contributed by atoms with Crippen LogP contribution in [0, 0.1) is 26.2 Å². The van der Waals surface area contributed by atoms with Crippen LogP contribution < -0.4 is 4.80 Å². The lowest BCUT2D eigenvalue weighted by Crippen LogP contribution is -2.38. The molecule has 0 aliphatic heterocycles. The minimum absolute atomic E-state index is 0.0294. The molecule has 3 aromatic rings. The molecule has 1 amide bonds. The van der Waals surface area contributed by atoms with Crippen molar-refractivity contribution in [2.24, 2.45) is 4.99 Å². The van der Waals surface area contributed by atoms with Crippen molar-refractivity contribution >= 4 is 37.5 Å². The zero-order valence-electron chi connectivity index (χ0n) is 19.7. The molecule has 2 aromatic carbocycles. The minimum Gasteiger partial charge on any atom is -0.305 e. The Morgan fingerprint density at radius 3 is 2.50 bits per heavy atom. The van der Waals surface area contributed by atoms with Gasteiger partial charge in [-0.25, -0.2) is 8.42 Å². The van der Waals surface area contributed by atoms with Crippen LogP contribution in [0.25, 0.3) is 10.2 Å². The summed E-state index contributed by atoms with van der Waals surface area (Å²) in [5.41, 5.74) is 3.51. The number of carbonyl (C=O) groups is 1. The predicted molar refractivity (Wildman–Crippen MR) is 136 cm³/mol. The summed E-state index contributed by atoms with van der Waals surface area (Å²) in [7, 11) is -1.97. The summed E-state index contributed by atoms with van der Waals surface area (Å²) in [5.74, 6) is 2.21. The number of hydrogen-bond acceptors (Lipinski definition) is 4. The number of nitrogens with zero attached hydrogens (tertiary/aromatic N) is 3. The zero-order valence-corrected chi connectivity index (χ0v) is 21.4. The highest BCUT2D eigenvalue weighted by Gasteiger charge is 2.29. The average Bonchev–Trinajstić information content (AvgIpc) is 3.16. The summed E-state index contributed by atoms with van der Waals surface area (Å²) in [6, 6.07) is 10.2. The first-order valence-corrected chi connectivity index (χ1v) is 13.7. The maximum Gasteiger partial charge on any atom is 0.279 e. The number of aryl methyl sites for hydroxylation is 2. The van der Waals surface area contributed by atoms with Gasteiger partial charge in [-0.15, -0.1) is 6.42 Å². The van der Waals surface area contributed by atoms with Crippen molar-refractivity contribution in [2.75, 3.05) is 7.05 Å². The normalized spacial score (nSPS) is 15.7. The number of carbonyl (C=O) groups excluding carboxylic acids is 1. The van der Waals surface area contributed by atoms with Crippen LogP contribution in [0.15, 0.2) is 46.3 Å². The monoisotopic (exact) mass is 495 g/mol. The molecule has 1 saturated carbocycles. The van der Waals surface area contributed by atoms with E-state index >= 15 is 0 Å². The lowest BCUT2D eigenvalue weighted by molar-refractivity contribution is 0.0998. The van der Waals surface area contributed by atoms with Gasteiger partial charge in [0.05, 0.1) is 21.7 Å². The van der Waals surface area contributed by atoms with E-state index in [0.29, 0.717) is 16.9 Å². The van der Waals surface area contributed by atoms with Crippen molar-refractivity contribution in [3.63, 3.8) is 0 Å². The van der Waals surface area contributed by atoms with Crippen LogP contribution in [0.5, 0.6) is 0 Å². The van der Waals surface area contributed by atoms with Crippen LogP contribution in [0.4, 0.5) is 0 Å². The fourth-order valence-corrected chi connectivity index (χ4v) is 7.06. The molecule has 0 spiro atoms. The number of benzene rings is 2. The van der Waals surface area contributed by atoms with E-state index in [2.05, 4.69) is 17.0 Å². The Kier molecular flexibility index (Phi) is 7.08. The quantitative estimate of drug-likeness (QED) is 0.484. The molecule has 4 rings (SSSR count). The molecule has 0 atom stereocenters. The molecule has 0 radical (unpaired) electrons. The maximum absolute atomic E-state index is 13.1. The second kappa shape index (κ2) is 9.87. The Labute approximate surface area is 205 Å². The molecular weight excluding hydrogens is 466 g/mol. The van der Waals surface area contributed by atoms with Gasteiger partial charge in [0.1, 0.15) is 0 Å². The Balaban J connectivity index is 1.65. The van der Waals surface area contributed by atoms with Crippen molar-refractivity contribution in [1.29, 1.82) is 0 Å². The standard InChI is InChI=1S/C26H29N3O3S2/c1-5-15-29-23-17-18(2)16-19(3)24(23)33-26(29)27-25(30)20-11-13-22(14-12-20)34(31,32)28(4)21-9-7-6-8-10-21/h1,11-14,16-17,21H,6-10,15H2,2-4H3. The number of hydrogen-bond donors (Lipinski definition) is 0. The van der Waals surface area contributed by atoms with Crippen LogP contribution in [0.3, 0.4) is 0 Å². The number of terminal acetylenes is 1. The van der Waals surface area contributed by atoms with Gasteiger partial charge in [-0.2, -0.15) is 9.30 Å². The molecule has 0 bridgehead atoms. The van der Waals surface area contributed by atoms with E-state index in [4.69, 9.17) is 6.42 Å². The molecule has 1 fully saturated rings. The van der Waals surface area contributed by atoms with Crippen molar-refractivity contribution in [1.82, 2.24) is 8.87 Å². The van der Waals surface area contributed by atoms with E-state index in [1.54, 1.807) is 7.05 Å². The van der Waals surface area contributed by atoms with Crippen LogP contribution in [0.2, 0.25) is 0 Å². The third-order valence-electron chi connectivity index (χ3n) is 6.43. The van der Waals surface area contributed by atoms with E-state index in [1.165, 1.54) is 39.9 Å². The molecule has 1 aliphatic carbocycles. The van der Waals surface area contributed by atoms with E-state index in [-0.39, 0.29) is 10.9 Å². The fourth-order valence-electron chi connectivity index (χ4n) is 4.57. The lowest BCUT2D eigenvalue weighted by Gasteiger charge is -2.30. The summed E-state index contributed by atoms with van der Waals surface area (Å²) < 4.78 is 30.5. The summed E-state index contributed by atoms with van der Waals surface area (Å²) in [5, 5.41) is 0. The SMILES string of the molecule is C#CCn1c(=NC(=O)c2ccc(S(=O)(=O)N(C)C3CCCCC3)cc2)sc2c(C)cc(C)cc21. The minimum atomic E-state index is -3.61. The Hall–Kier alpha value is -2.73. The average molecular weight is 496 g/mol. The smallest absolute Gasteiger partial charge is 0.279 e. The summed E-state index contributed by atoms with van der Waals surface area (Å²) in [6.45, 7) is 4.36. The van der Waals surface area contributed by atoms with Gasteiger partial charge in [-0.05, 0) is 68.1 Å². The first kappa shape index (κ1) is 24.4. The number of aromatic nitrogens is 1. The van der Waals surface area contributed by atoms with Crippen molar-refractivity contribution in [3.8, 4) is 12.3 Å².